The molecule has 2 aliphatic rings. The summed E-state index contributed by atoms with van der Waals surface area (Å²) in [5, 5.41) is 9.99. The molecule has 1 aromatic heterocycles. The van der Waals surface area contributed by atoms with Gasteiger partial charge in [0, 0.05) is 32.1 Å². The van der Waals surface area contributed by atoms with Crippen molar-refractivity contribution < 1.29 is 14.3 Å². The van der Waals surface area contributed by atoms with E-state index in [0.717, 1.165) is 35.5 Å². The Balaban J connectivity index is 1.57. The number of nitrogens with zero attached hydrogens (tertiary/aromatic N) is 4. The number of rotatable bonds is 6. The molecule has 0 radical (unpaired) electrons. The first-order valence-corrected chi connectivity index (χ1v) is 11.3. The van der Waals surface area contributed by atoms with E-state index in [0.29, 0.717) is 19.4 Å². The summed E-state index contributed by atoms with van der Waals surface area (Å²) in [5.74, 6) is 0.604. The van der Waals surface area contributed by atoms with Crippen molar-refractivity contribution in [1.82, 2.24) is 25.4 Å². The normalized spacial score (nSPS) is 18.5. The van der Waals surface area contributed by atoms with Crippen LogP contribution in [0.15, 0.2) is 39.9 Å². The van der Waals surface area contributed by atoms with E-state index in [1.54, 1.807) is 11.7 Å². The van der Waals surface area contributed by atoms with Gasteiger partial charge in [0.2, 0.25) is 5.82 Å². The highest BCUT2D eigenvalue weighted by Crippen LogP contribution is 2.20. The molecule has 1 atom stereocenters. The predicted octanol–water partition coefficient (Wildman–Crippen LogP) is 3.40. The maximum Gasteiger partial charge on any atom is 0.409 e. The minimum absolute atomic E-state index is 0.160. The summed E-state index contributed by atoms with van der Waals surface area (Å²) in [7, 11) is 1.81. The van der Waals surface area contributed by atoms with Crippen LogP contribution in [-0.4, -0.2) is 50.8 Å². The van der Waals surface area contributed by atoms with Crippen LogP contribution in [0, 0.1) is 0 Å². The van der Waals surface area contributed by atoms with Gasteiger partial charge in [-0.25, -0.2) is 9.78 Å². The minimum atomic E-state index is -0.568. The Kier molecular flexibility index (Phi) is 7.50. The number of allylic oxidation sites excluding steroid dienone is 4. The van der Waals surface area contributed by atoms with Gasteiger partial charge in [0.15, 0.2) is 0 Å². The largest absolute Gasteiger partial charge is 0.444 e. The Morgan fingerprint density at radius 1 is 1.27 bits per heavy atom. The van der Waals surface area contributed by atoms with Gasteiger partial charge in [-0.05, 0) is 53.0 Å². The molecule has 3 rings (SSSR count). The molecular weight excluding hydrogens is 420 g/mol. The summed E-state index contributed by atoms with van der Waals surface area (Å²) in [6, 6.07) is 0. The van der Waals surface area contributed by atoms with Gasteiger partial charge in [0.05, 0.1) is 0 Å². The van der Waals surface area contributed by atoms with Crippen LogP contribution in [-0.2, 0) is 18.2 Å². The Morgan fingerprint density at radius 2 is 2.03 bits per heavy atom. The van der Waals surface area contributed by atoms with E-state index >= 15 is 0 Å². The first kappa shape index (κ1) is 24.4. The molecule has 0 bridgehead atoms. The molecule has 9 heteroatoms. The number of carbonyl (C=O) groups excluding carboxylic acids is 2. The fraction of sp³-hybridized carbons (Fsp3) is 0.542. The van der Waals surface area contributed by atoms with E-state index in [-0.39, 0.29) is 17.9 Å². The van der Waals surface area contributed by atoms with Crippen LogP contribution in [0.1, 0.15) is 70.3 Å². The van der Waals surface area contributed by atoms with Crippen molar-refractivity contribution in [2.75, 3.05) is 6.54 Å². The van der Waals surface area contributed by atoms with Crippen molar-refractivity contribution in [1.29, 1.82) is 0 Å². The zero-order chi connectivity index (χ0) is 24.2. The molecular formula is C24H34N6O3. The number of dihydropyridines is 1. The fourth-order valence-corrected chi connectivity index (χ4v) is 3.80. The summed E-state index contributed by atoms with van der Waals surface area (Å²) < 4.78 is 6.98. The standard InChI is InChI=1S/C24H34N6O3/c1-15-12-19(27-23(32)33-24(3,4)5)26-16(2)18(15)14-25-22(31)21-28-20(30(6)29-21)13-17-10-8-7-9-11-17/h7-8,10,19H,9,11-14H2,1-6H3,(H,25,31)(H,27,32). The second-order valence-electron chi connectivity index (χ2n) is 9.47. The number of carbonyl (C=O) groups is 2. The topological polar surface area (TPSA) is 110 Å². The van der Waals surface area contributed by atoms with E-state index in [4.69, 9.17) is 4.74 Å². The van der Waals surface area contributed by atoms with Crippen LogP contribution in [0.5, 0.6) is 0 Å². The van der Waals surface area contributed by atoms with Gasteiger partial charge in [-0.3, -0.25) is 19.8 Å². The van der Waals surface area contributed by atoms with E-state index < -0.39 is 11.7 Å². The van der Waals surface area contributed by atoms with Crippen molar-refractivity contribution >= 4 is 17.7 Å². The SMILES string of the molecule is CC1=NC(NC(=O)OC(C)(C)C)CC(C)=C1CNC(=O)c1nc(CC2=CC=CCC2)n(C)n1. The first-order chi connectivity index (χ1) is 15.5. The van der Waals surface area contributed by atoms with Crippen LogP contribution in [0.2, 0.25) is 0 Å². The highest BCUT2D eigenvalue weighted by molar-refractivity contribution is 6.01. The first-order valence-electron chi connectivity index (χ1n) is 11.3. The molecule has 0 spiro atoms. The number of aliphatic imine (C=N–C) groups is 1. The molecule has 0 aromatic carbocycles. The fourth-order valence-electron chi connectivity index (χ4n) is 3.80. The van der Waals surface area contributed by atoms with Crippen molar-refractivity contribution in [2.45, 2.75) is 72.1 Å². The van der Waals surface area contributed by atoms with E-state index in [9.17, 15) is 9.59 Å². The summed E-state index contributed by atoms with van der Waals surface area (Å²) in [6.07, 6.45) is 8.68. The van der Waals surface area contributed by atoms with E-state index in [1.165, 1.54) is 5.57 Å². The lowest BCUT2D eigenvalue weighted by Crippen LogP contribution is -2.40. The average Bonchev–Trinajstić information content (AvgIpc) is 3.07. The summed E-state index contributed by atoms with van der Waals surface area (Å²) in [4.78, 5) is 33.8. The number of amides is 2. The van der Waals surface area contributed by atoms with Gasteiger partial charge in [0.25, 0.3) is 5.91 Å². The average molecular weight is 455 g/mol. The molecule has 2 amide bonds. The van der Waals surface area contributed by atoms with Crippen molar-refractivity contribution in [3.8, 4) is 0 Å². The predicted molar refractivity (Wildman–Crippen MR) is 127 cm³/mol. The van der Waals surface area contributed by atoms with Crippen molar-refractivity contribution in [3.05, 3.63) is 46.6 Å². The lowest BCUT2D eigenvalue weighted by atomic mass is 9.98. The number of aromatic nitrogens is 3. The molecule has 9 nitrogen and oxygen atoms in total. The van der Waals surface area contributed by atoms with E-state index in [1.807, 2.05) is 34.6 Å². The molecule has 33 heavy (non-hydrogen) atoms. The molecule has 0 saturated heterocycles. The van der Waals surface area contributed by atoms with Gasteiger partial charge in [-0.2, -0.15) is 0 Å². The van der Waals surface area contributed by atoms with Crippen LogP contribution in [0.4, 0.5) is 4.79 Å². The van der Waals surface area contributed by atoms with Crippen LogP contribution < -0.4 is 10.6 Å². The maximum atomic E-state index is 12.7. The van der Waals surface area contributed by atoms with Gasteiger partial charge in [0.1, 0.15) is 17.6 Å². The van der Waals surface area contributed by atoms with Crippen molar-refractivity contribution in [2.24, 2.45) is 12.0 Å². The summed E-state index contributed by atoms with van der Waals surface area (Å²) in [6.45, 7) is 9.63. The Labute approximate surface area is 195 Å². The minimum Gasteiger partial charge on any atom is -0.444 e. The van der Waals surface area contributed by atoms with Crippen LogP contribution in [0.3, 0.4) is 0 Å². The monoisotopic (exact) mass is 454 g/mol. The second kappa shape index (κ2) is 10.1. The lowest BCUT2D eigenvalue weighted by Gasteiger charge is -2.26. The Hall–Kier alpha value is -3.23. The third kappa shape index (κ3) is 6.87. The third-order valence-electron chi connectivity index (χ3n) is 5.45. The molecule has 1 aromatic rings. The number of hydrogen-bond donors (Lipinski definition) is 2. The lowest BCUT2D eigenvalue weighted by molar-refractivity contribution is 0.0506. The van der Waals surface area contributed by atoms with Crippen molar-refractivity contribution in [3.63, 3.8) is 0 Å². The zero-order valence-electron chi connectivity index (χ0n) is 20.4. The van der Waals surface area contributed by atoms with Crippen LogP contribution >= 0.6 is 0 Å². The third-order valence-corrected chi connectivity index (χ3v) is 5.45. The highest BCUT2D eigenvalue weighted by Gasteiger charge is 2.24. The van der Waals surface area contributed by atoms with Gasteiger partial charge >= 0.3 is 6.09 Å². The summed E-state index contributed by atoms with van der Waals surface area (Å²) in [5.41, 5.74) is 3.48. The molecule has 1 aliphatic heterocycles. The number of hydrogen-bond acceptors (Lipinski definition) is 6. The molecule has 2 heterocycles. The molecule has 0 fully saturated rings. The molecule has 1 aliphatic carbocycles. The van der Waals surface area contributed by atoms with Crippen LogP contribution in [0.25, 0.3) is 0 Å². The molecule has 1 unspecified atom stereocenters. The van der Waals surface area contributed by atoms with Gasteiger partial charge < -0.3 is 10.1 Å². The number of alkyl carbamates (subject to hydrolysis) is 1. The molecule has 0 saturated carbocycles. The molecule has 178 valence electrons. The quantitative estimate of drug-likeness (QED) is 0.684. The smallest absolute Gasteiger partial charge is 0.409 e. The van der Waals surface area contributed by atoms with Gasteiger partial charge in [-0.1, -0.05) is 29.4 Å². The zero-order valence-corrected chi connectivity index (χ0v) is 20.4. The molecule has 2 N–H and O–H groups in total. The number of aryl methyl sites for hydroxylation is 1. The van der Waals surface area contributed by atoms with Gasteiger partial charge in [-0.15, -0.1) is 5.10 Å². The Morgan fingerprint density at radius 3 is 2.67 bits per heavy atom. The maximum absolute atomic E-state index is 12.7. The number of ether oxygens (including phenoxy) is 1. The highest BCUT2D eigenvalue weighted by atomic mass is 16.6. The second-order valence-corrected chi connectivity index (χ2v) is 9.47. The Bertz CT molecular complexity index is 1040. The van der Waals surface area contributed by atoms with E-state index in [2.05, 4.69) is 43.9 Å². The number of nitrogens with one attached hydrogen (secondary N) is 2. The summed E-state index contributed by atoms with van der Waals surface area (Å²) >= 11 is 0.